The number of sulfonamides is 1. The molecule has 0 aromatic carbocycles. The van der Waals surface area contributed by atoms with Crippen molar-refractivity contribution < 1.29 is 8.42 Å². The van der Waals surface area contributed by atoms with E-state index in [4.69, 9.17) is 0 Å². The van der Waals surface area contributed by atoms with Gasteiger partial charge in [0, 0.05) is 31.5 Å². The van der Waals surface area contributed by atoms with Crippen LogP contribution in [0.1, 0.15) is 36.8 Å². The molecule has 2 aromatic heterocycles. The normalized spacial score (nSPS) is 19.8. The maximum Gasteiger partial charge on any atom is 0.262 e. The molecule has 1 aliphatic heterocycles. The fraction of sp³-hybridized carbons (Fsp3) is 0.500. The molecule has 0 radical (unpaired) electrons. The molecule has 0 spiro atoms. The number of hydrogen-bond donors (Lipinski definition) is 1. The summed E-state index contributed by atoms with van der Waals surface area (Å²) in [6.45, 7) is 2.11. The summed E-state index contributed by atoms with van der Waals surface area (Å²) >= 11 is 0. The third kappa shape index (κ3) is 3.06. The van der Waals surface area contributed by atoms with Crippen LogP contribution in [0.4, 0.5) is 0 Å². The molecule has 3 heterocycles. The Morgan fingerprint density at radius 3 is 2.78 bits per heavy atom. The van der Waals surface area contributed by atoms with Crippen LogP contribution >= 0.6 is 0 Å². The molecule has 0 saturated carbocycles. The maximum atomic E-state index is 12.9. The Kier molecular flexibility index (Phi) is 4.07. The molecule has 1 N–H and O–H groups in total. The molecule has 1 aliphatic rings. The Balaban J connectivity index is 2.03. The lowest BCUT2D eigenvalue weighted by Gasteiger charge is -2.33. The van der Waals surface area contributed by atoms with Crippen LogP contribution in [0.2, 0.25) is 0 Å². The van der Waals surface area contributed by atoms with Crippen molar-refractivity contribution in [3.8, 4) is 0 Å². The number of H-pyrrole nitrogens is 1. The first-order chi connectivity index (χ1) is 10.9. The molecule has 0 bridgehead atoms. The van der Waals surface area contributed by atoms with Gasteiger partial charge in [0.1, 0.15) is 5.82 Å². The van der Waals surface area contributed by atoms with Gasteiger partial charge in [0.15, 0.2) is 5.03 Å². The summed E-state index contributed by atoms with van der Waals surface area (Å²) in [7, 11) is -2.00. The summed E-state index contributed by atoms with van der Waals surface area (Å²) in [6.07, 6.45) is 5.22. The number of aryl methyl sites for hydroxylation is 2. The van der Waals surface area contributed by atoms with Crippen LogP contribution in [0.3, 0.4) is 0 Å². The summed E-state index contributed by atoms with van der Waals surface area (Å²) in [4.78, 5) is 22.7. The van der Waals surface area contributed by atoms with Crippen molar-refractivity contribution in [3.05, 3.63) is 40.5 Å². The molecule has 9 heteroatoms. The predicted molar refractivity (Wildman–Crippen MR) is 83.3 cm³/mol. The van der Waals surface area contributed by atoms with E-state index in [1.807, 2.05) is 0 Å². The van der Waals surface area contributed by atoms with Crippen molar-refractivity contribution in [2.45, 2.75) is 37.3 Å². The molecule has 124 valence electrons. The lowest BCUT2D eigenvalue weighted by molar-refractivity contribution is 0.245. The quantitative estimate of drug-likeness (QED) is 0.890. The molecule has 1 atom stereocenters. The molecule has 1 unspecified atom stereocenters. The Bertz CT molecular complexity index is 871. The summed E-state index contributed by atoms with van der Waals surface area (Å²) in [5, 5.41) is 0.0156. The van der Waals surface area contributed by atoms with Crippen molar-refractivity contribution in [3.63, 3.8) is 0 Å². The number of nitrogens with zero attached hydrogens (tertiary/aromatic N) is 4. The summed E-state index contributed by atoms with van der Waals surface area (Å²) in [6, 6.07) is 0.924. The largest absolute Gasteiger partial charge is 0.339 e. The zero-order chi connectivity index (χ0) is 16.6. The highest BCUT2D eigenvalue weighted by molar-refractivity contribution is 7.89. The third-order valence-corrected chi connectivity index (χ3v) is 5.71. The number of rotatable bonds is 3. The van der Waals surface area contributed by atoms with Crippen LogP contribution in [-0.4, -0.2) is 38.8 Å². The van der Waals surface area contributed by atoms with Crippen LogP contribution in [0.15, 0.2) is 28.4 Å². The van der Waals surface area contributed by atoms with E-state index >= 15 is 0 Å². The van der Waals surface area contributed by atoms with Crippen LogP contribution < -0.4 is 5.56 Å². The van der Waals surface area contributed by atoms with Gasteiger partial charge in [0.2, 0.25) is 0 Å². The number of imidazole rings is 1. The first kappa shape index (κ1) is 15.9. The Labute approximate surface area is 134 Å². The topological polar surface area (TPSA) is 101 Å². The molecule has 0 aliphatic carbocycles. The summed E-state index contributed by atoms with van der Waals surface area (Å²) in [5.41, 5.74) is 0.303. The fourth-order valence-electron chi connectivity index (χ4n) is 2.87. The third-order valence-electron chi connectivity index (χ3n) is 3.91. The number of hydrogen-bond acceptors (Lipinski definition) is 5. The van der Waals surface area contributed by atoms with E-state index in [0.717, 1.165) is 12.8 Å². The van der Waals surface area contributed by atoms with E-state index in [9.17, 15) is 13.2 Å². The van der Waals surface area contributed by atoms with Gasteiger partial charge in [-0.25, -0.2) is 18.4 Å². The minimum absolute atomic E-state index is 0.0156. The minimum Gasteiger partial charge on any atom is -0.339 e. The van der Waals surface area contributed by atoms with E-state index < -0.39 is 16.1 Å². The van der Waals surface area contributed by atoms with Crippen molar-refractivity contribution in [1.29, 1.82) is 0 Å². The average molecular weight is 337 g/mol. The van der Waals surface area contributed by atoms with Gasteiger partial charge in [0.05, 0.1) is 12.4 Å². The molecular formula is C14H19N5O3S. The first-order valence-corrected chi connectivity index (χ1v) is 8.89. The predicted octanol–water partition coefficient (Wildman–Crippen LogP) is 0.728. The second-order valence-electron chi connectivity index (χ2n) is 5.78. The van der Waals surface area contributed by atoms with Crippen LogP contribution in [0.5, 0.6) is 0 Å². The first-order valence-electron chi connectivity index (χ1n) is 7.45. The smallest absolute Gasteiger partial charge is 0.262 e. The highest BCUT2D eigenvalue weighted by Crippen LogP contribution is 2.33. The highest BCUT2D eigenvalue weighted by Gasteiger charge is 2.37. The molecule has 3 rings (SSSR count). The molecule has 0 amide bonds. The number of piperidine rings is 1. The van der Waals surface area contributed by atoms with Gasteiger partial charge in [-0.15, -0.1) is 0 Å². The molecule has 23 heavy (non-hydrogen) atoms. The average Bonchev–Trinajstić information content (AvgIpc) is 2.94. The zero-order valence-electron chi connectivity index (χ0n) is 13.1. The number of aromatic amines is 1. The van der Waals surface area contributed by atoms with Gasteiger partial charge in [-0.05, 0) is 19.8 Å². The Morgan fingerprint density at radius 2 is 2.13 bits per heavy atom. The summed E-state index contributed by atoms with van der Waals surface area (Å²) < 4.78 is 28.8. The van der Waals surface area contributed by atoms with E-state index in [2.05, 4.69) is 15.0 Å². The molecule has 1 fully saturated rings. The van der Waals surface area contributed by atoms with Crippen LogP contribution in [-0.2, 0) is 17.1 Å². The SMILES string of the molecule is Cc1cc(=O)[nH]c(C2CCCCN2S(=O)(=O)c2cn(C)cn2)n1. The Hall–Kier alpha value is -2.00. The zero-order valence-corrected chi connectivity index (χ0v) is 13.9. The minimum atomic E-state index is -3.72. The monoisotopic (exact) mass is 337 g/mol. The molecule has 2 aromatic rings. The molecule has 1 saturated heterocycles. The van der Waals surface area contributed by atoms with Gasteiger partial charge in [-0.1, -0.05) is 6.42 Å². The standard InChI is InChI=1S/C14H19N5O3S/c1-10-7-12(20)17-14(16-10)11-5-3-4-6-19(11)23(21,22)13-8-18(2)9-15-13/h7-9,11H,3-6H2,1-2H3,(H,16,17,20). The van der Waals surface area contributed by atoms with Gasteiger partial charge in [-0.2, -0.15) is 4.31 Å². The van der Waals surface area contributed by atoms with Crippen molar-refractivity contribution >= 4 is 10.0 Å². The van der Waals surface area contributed by atoms with Crippen LogP contribution in [0.25, 0.3) is 0 Å². The van der Waals surface area contributed by atoms with Crippen molar-refractivity contribution in [1.82, 2.24) is 23.8 Å². The number of aromatic nitrogens is 4. The second kappa shape index (κ2) is 5.89. The van der Waals surface area contributed by atoms with Gasteiger partial charge in [0.25, 0.3) is 15.6 Å². The van der Waals surface area contributed by atoms with E-state index in [0.29, 0.717) is 24.5 Å². The van der Waals surface area contributed by atoms with Gasteiger partial charge < -0.3 is 9.55 Å². The van der Waals surface area contributed by atoms with Gasteiger partial charge >= 0.3 is 0 Å². The number of nitrogens with one attached hydrogen (secondary N) is 1. The second-order valence-corrected chi connectivity index (χ2v) is 7.61. The van der Waals surface area contributed by atoms with Gasteiger partial charge in [-0.3, -0.25) is 4.79 Å². The van der Waals surface area contributed by atoms with E-state index in [1.165, 1.54) is 22.9 Å². The van der Waals surface area contributed by atoms with E-state index in [-0.39, 0.29) is 10.6 Å². The lowest BCUT2D eigenvalue weighted by Crippen LogP contribution is -2.40. The highest BCUT2D eigenvalue weighted by atomic mass is 32.2. The lowest BCUT2D eigenvalue weighted by atomic mass is 10.0. The molecular weight excluding hydrogens is 318 g/mol. The summed E-state index contributed by atoms with van der Waals surface area (Å²) in [5.74, 6) is 0.397. The Morgan fingerprint density at radius 1 is 1.35 bits per heavy atom. The van der Waals surface area contributed by atoms with Crippen LogP contribution in [0, 0.1) is 6.92 Å². The van der Waals surface area contributed by atoms with E-state index in [1.54, 1.807) is 18.5 Å². The fourth-order valence-corrected chi connectivity index (χ4v) is 4.50. The van der Waals surface area contributed by atoms with Crippen molar-refractivity contribution in [2.75, 3.05) is 6.54 Å². The molecule has 8 nitrogen and oxygen atoms in total. The maximum absolute atomic E-state index is 12.9. The van der Waals surface area contributed by atoms with Crippen molar-refractivity contribution in [2.24, 2.45) is 7.05 Å².